The summed E-state index contributed by atoms with van der Waals surface area (Å²) in [5.41, 5.74) is 0.0895. The van der Waals surface area contributed by atoms with Gasteiger partial charge in [-0.15, -0.1) is 0 Å². The number of hydrogen-bond acceptors (Lipinski definition) is 8. The van der Waals surface area contributed by atoms with Gasteiger partial charge in [0, 0.05) is 17.2 Å². The van der Waals surface area contributed by atoms with E-state index in [1.807, 2.05) is 0 Å². The molecule has 1 aromatic carbocycles. The van der Waals surface area contributed by atoms with Crippen molar-refractivity contribution in [3.8, 4) is 11.5 Å². The van der Waals surface area contributed by atoms with Crippen LogP contribution in [0, 0.1) is 0 Å². The van der Waals surface area contributed by atoms with Crippen LogP contribution in [-0.4, -0.2) is 69.3 Å². The normalized spacial score (nSPS) is 13.4. The van der Waals surface area contributed by atoms with Gasteiger partial charge in [0.15, 0.2) is 0 Å². The van der Waals surface area contributed by atoms with Crippen LogP contribution in [0.3, 0.4) is 0 Å². The van der Waals surface area contributed by atoms with Crippen LogP contribution in [-0.2, 0) is 28.2 Å². The third-order valence-corrected chi connectivity index (χ3v) is 5.57. The summed E-state index contributed by atoms with van der Waals surface area (Å²) in [5.74, 6) is -1.30. The number of esters is 2. The van der Waals surface area contributed by atoms with Crippen LogP contribution >= 0.6 is 15.2 Å². The van der Waals surface area contributed by atoms with E-state index in [0.717, 1.165) is 0 Å². The van der Waals surface area contributed by atoms with Gasteiger partial charge in [-0.3, -0.25) is 9.13 Å². The quantitative estimate of drug-likeness (QED) is 0.158. The molecule has 0 spiro atoms. The predicted octanol–water partition coefficient (Wildman–Crippen LogP) is 1.78. The Morgan fingerprint density at radius 3 is 1.47 bits per heavy atom. The molecule has 1 aromatic rings. The highest BCUT2D eigenvalue weighted by Gasteiger charge is 2.27. The van der Waals surface area contributed by atoms with Gasteiger partial charge in [-0.2, -0.15) is 0 Å². The molecule has 190 valence electrons. The Hall–Kier alpha value is -2.46. The maximum Gasteiger partial charge on any atom is 0.333 e. The monoisotopic (exact) mass is 522 g/mol. The lowest BCUT2D eigenvalue weighted by molar-refractivity contribution is -0.145. The first-order valence-corrected chi connectivity index (χ1v) is 13.3. The van der Waals surface area contributed by atoms with Crippen molar-refractivity contribution in [3.05, 3.63) is 48.6 Å². The van der Waals surface area contributed by atoms with Crippen molar-refractivity contribution in [1.82, 2.24) is 0 Å². The Kier molecular flexibility index (Phi) is 11.2. The Bertz CT molecular complexity index is 918. The molecular formula is C20H28O12P2. The van der Waals surface area contributed by atoms with E-state index in [2.05, 4.69) is 13.2 Å². The fraction of sp³-hybridized carbons (Fsp3) is 0.400. The lowest BCUT2D eigenvalue weighted by atomic mass is 10.3. The zero-order chi connectivity index (χ0) is 26.1. The molecule has 1 rings (SSSR count). The molecule has 0 aliphatic heterocycles. The van der Waals surface area contributed by atoms with Crippen LogP contribution in [0.4, 0.5) is 0 Å². The molecule has 0 aliphatic carbocycles. The van der Waals surface area contributed by atoms with Crippen molar-refractivity contribution in [1.29, 1.82) is 0 Å². The minimum Gasteiger partial charge on any atom is -0.490 e. The zero-order valence-corrected chi connectivity index (χ0v) is 20.4. The molecule has 0 aliphatic rings. The lowest BCUT2D eigenvalue weighted by Gasteiger charge is -2.20. The highest BCUT2D eigenvalue weighted by molar-refractivity contribution is 7.52. The topological polar surface area (TPSA) is 186 Å². The van der Waals surface area contributed by atoms with Gasteiger partial charge in [0.2, 0.25) is 0 Å². The largest absolute Gasteiger partial charge is 0.490 e. The number of carbonyl (C=O) groups is 2. The van der Waals surface area contributed by atoms with E-state index in [1.54, 1.807) is 0 Å². The van der Waals surface area contributed by atoms with Gasteiger partial charge in [0.1, 0.15) is 36.9 Å². The summed E-state index contributed by atoms with van der Waals surface area (Å²) in [6.07, 6.45) is -4.05. The second-order valence-corrected chi connectivity index (χ2v) is 10.8. The van der Waals surface area contributed by atoms with Gasteiger partial charge in [-0.05, 0) is 26.0 Å². The Balaban J connectivity index is 2.84. The van der Waals surface area contributed by atoms with E-state index < -0.39 is 51.7 Å². The Labute approximate surface area is 196 Å². The van der Waals surface area contributed by atoms with E-state index in [-0.39, 0.29) is 35.9 Å². The van der Waals surface area contributed by atoms with Crippen LogP contribution in [0.2, 0.25) is 0 Å². The molecule has 2 atom stereocenters. The molecular weight excluding hydrogens is 494 g/mol. The summed E-state index contributed by atoms with van der Waals surface area (Å²) in [4.78, 5) is 60.3. The molecule has 0 radical (unpaired) electrons. The zero-order valence-electron chi connectivity index (χ0n) is 18.7. The summed E-state index contributed by atoms with van der Waals surface area (Å²) < 4.78 is 43.6. The minimum atomic E-state index is -4.52. The van der Waals surface area contributed by atoms with Crippen LogP contribution in [0.1, 0.15) is 13.8 Å². The molecule has 12 nitrogen and oxygen atoms in total. The van der Waals surface area contributed by atoms with Gasteiger partial charge in [-0.1, -0.05) is 19.2 Å². The summed E-state index contributed by atoms with van der Waals surface area (Å²) in [6.45, 7) is 8.81. The first-order chi connectivity index (χ1) is 15.6. The molecule has 0 saturated heterocycles. The molecule has 4 N–H and O–H groups in total. The van der Waals surface area contributed by atoms with Gasteiger partial charge in [-0.25, -0.2) is 9.59 Å². The van der Waals surface area contributed by atoms with Crippen molar-refractivity contribution in [2.24, 2.45) is 0 Å². The number of benzene rings is 1. The third-order valence-electron chi connectivity index (χ3n) is 3.80. The van der Waals surface area contributed by atoms with E-state index in [9.17, 15) is 38.3 Å². The maximum atomic E-state index is 11.7. The van der Waals surface area contributed by atoms with Crippen molar-refractivity contribution < 1.29 is 57.2 Å². The van der Waals surface area contributed by atoms with E-state index >= 15 is 0 Å². The smallest absolute Gasteiger partial charge is 0.333 e. The molecule has 0 saturated carbocycles. The van der Waals surface area contributed by atoms with Crippen LogP contribution in [0.25, 0.3) is 0 Å². The fourth-order valence-electron chi connectivity index (χ4n) is 2.31. The summed E-state index contributed by atoms with van der Waals surface area (Å²) in [7, 11) is -9.04. The van der Waals surface area contributed by atoms with Gasteiger partial charge >= 0.3 is 27.1 Å². The van der Waals surface area contributed by atoms with Gasteiger partial charge in [0.25, 0.3) is 0 Å². The van der Waals surface area contributed by atoms with E-state index in [1.165, 1.54) is 38.1 Å². The average molecular weight is 522 g/mol. The number of hydrogen-bond donors (Lipinski definition) is 4. The fourth-order valence-corrected chi connectivity index (χ4v) is 3.74. The van der Waals surface area contributed by atoms with E-state index in [0.29, 0.717) is 0 Å². The van der Waals surface area contributed by atoms with Crippen LogP contribution < -0.4 is 9.47 Å². The van der Waals surface area contributed by atoms with E-state index in [4.69, 9.17) is 18.9 Å². The van der Waals surface area contributed by atoms with Crippen molar-refractivity contribution in [3.63, 3.8) is 0 Å². The summed E-state index contributed by atoms with van der Waals surface area (Å²) in [5, 5.41) is 0. The SMILES string of the molecule is C=C(C)C(=O)OC(COc1cccc(OCC(CP(=O)(O)O)OC(=O)C(=C)C)c1)CP(=O)(O)O. The van der Waals surface area contributed by atoms with Crippen molar-refractivity contribution in [2.45, 2.75) is 26.1 Å². The molecule has 34 heavy (non-hydrogen) atoms. The summed E-state index contributed by atoms with van der Waals surface area (Å²) >= 11 is 0. The standard InChI is InChI=1S/C20H28O12P2/c1-13(2)19(21)31-17(11-33(23,24)25)9-29-15-6-5-7-16(8-15)30-10-18(12-34(26,27)28)32-20(22)14(3)4/h5-8,17-18H,1,3,9-12H2,2,4H3,(H2,23,24,25)(H2,26,27,28). The second-order valence-electron chi connectivity index (χ2n) is 7.41. The maximum absolute atomic E-state index is 11.7. The van der Waals surface area contributed by atoms with Gasteiger partial charge < -0.3 is 38.5 Å². The average Bonchev–Trinajstić information content (AvgIpc) is 2.68. The van der Waals surface area contributed by atoms with Crippen LogP contribution in [0.5, 0.6) is 11.5 Å². The molecule has 2 unspecified atom stereocenters. The van der Waals surface area contributed by atoms with Crippen LogP contribution in [0.15, 0.2) is 48.6 Å². The molecule has 0 fully saturated rings. The molecule has 14 heteroatoms. The Morgan fingerprint density at radius 2 is 1.18 bits per heavy atom. The van der Waals surface area contributed by atoms with Gasteiger partial charge in [0.05, 0.1) is 12.3 Å². The first-order valence-electron chi connectivity index (χ1n) is 9.73. The molecule has 0 aromatic heterocycles. The predicted molar refractivity (Wildman–Crippen MR) is 121 cm³/mol. The number of ether oxygens (including phenoxy) is 4. The first kappa shape index (κ1) is 29.6. The highest BCUT2D eigenvalue weighted by atomic mass is 31.2. The second kappa shape index (κ2) is 12.9. The Morgan fingerprint density at radius 1 is 0.824 bits per heavy atom. The van der Waals surface area contributed by atoms with Crippen molar-refractivity contribution in [2.75, 3.05) is 25.5 Å². The molecule has 0 amide bonds. The molecule has 0 heterocycles. The lowest BCUT2D eigenvalue weighted by Crippen LogP contribution is -2.29. The minimum absolute atomic E-state index is 0.0447. The van der Waals surface area contributed by atoms with Crippen molar-refractivity contribution >= 4 is 27.1 Å². The molecule has 0 bridgehead atoms. The highest BCUT2D eigenvalue weighted by Crippen LogP contribution is 2.37. The number of rotatable bonds is 14. The number of carbonyl (C=O) groups excluding carboxylic acids is 2. The third kappa shape index (κ3) is 12.7. The summed E-state index contributed by atoms with van der Waals surface area (Å²) in [6, 6.07) is 5.89.